The molecule has 7 heteroatoms. The quantitative estimate of drug-likeness (QED) is 0.613. The SMILES string of the molecule is CSC(=NS(=O)(=O)c1ccccc1Br)SC. The molecule has 0 bridgehead atoms. The Morgan fingerprint density at radius 2 is 1.81 bits per heavy atom. The second-order valence-electron chi connectivity index (χ2n) is 2.67. The maximum Gasteiger partial charge on any atom is 0.284 e. The van der Waals surface area contributed by atoms with Gasteiger partial charge in [0.1, 0.15) is 9.27 Å². The van der Waals surface area contributed by atoms with Crippen molar-refractivity contribution in [2.45, 2.75) is 4.90 Å². The molecular weight excluding hydrogens is 330 g/mol. The minimum atomic E-state index is -3.61. The molecule has 16 heavy (non-hydrogen) atoms. The van der Waals surface area contributed by atoms with E-state index in [1.54, 1.807) is 30.7 Å². The van der Waals surface area contributed by atoms with Gasteiger partial charge in [0.2, 0.25) is 0 Å². The molecule has 0 aliphatic carbocycles. The first-order chi connectivity index (χ1) is 7.51. The van der Waals surface area contributed by atoms with Crippen LogP contribution in [0.3, 0.4) is 0 Å². The molecule has 0 unspecified atom stereocenters. The summed E-state index contributed by atoms with van der Waals surface area (Å²) in [5.41, 5.74) is 0. The second-order valence-corrected chi connectivity index (χ2v) is 6.95. The number of benzene rings is 1. The van der Waals surface area contributed by atoms with Gasteiger partial charge < -0.3 is 0 Å². The fourth-order valence-electron chi connectivity index (χ4n) is 0.959. The van der Waals surface area contributed by atoms with E-state index in [9.17, 15) is 8.42 Å². The fourth-order valence-corrected chi connectivity index (χ4v) is 4.57. The smallest absolute Gasteiger partial charge is 0.199 e. The molecule has 0 spiro atoms. The van der Waals surface area contributed by atoms with E-state index in [4.69, 9.17) is 0 Å². The number of halogens is 1. The molecule has 0 fully saturated rings. The van der Waals surface area contributed by atoms with Gasteiger partial charge in [-0.25, -0.2) is 0 Å². The van der Waals surface area contributed by atoms with Crippen molar-refractivity contribution in [3.8, 4) is 0 Å². The molecule has 0 atom stereocenters. The van der Waals surface area contributed by atoms with E-state index in [0.29, 0.717) is 8.85 Å². The van der Waals surface area contributed by atoms with Crippen LogP contribution in [-0.4, -0.2) is 25.3 Å². The van der Waals surface area contributed by atoms with Crippen LogP contribution in [0.25, 0.3) is 0 Å². The van der Waals surface area contributed by atoms with Crippen molar-refractivity contribution < 1.29 is 8.42 Å². The Hall–Kier alpha value is 0.0200. The Morgan fingerprint density at radius 1 is 1.25 bits per heavy atom. The van der Waals surface area contributed by atoms with Crippen molar-refractivity contribution >= 4 is 53.9 Å². The zero-order valence-corrected chi connectivity index (χ0v) is 12.7. The maximum atomic E-state index is 11.9. The van der Waals surface area contributed by atoms with Gasteiger partial charge in [-0.2, -0.15) is 8.42 Å². The molecule has 0 aliphatic rings. The predicted molar refractivity (Wildman–Crippen MR) is 75.8 cm³/mol. The Kier molecular flexibility index (Phi) is 5.36. The van der Waals surface area contributed by atoms with E-state index in [1.165, 1.54) is 29.6 Å². The van der Waals surface area contributed by atoms with E-state index in [-0.39, 0.29) is 4.90 Å². The van der Waals surface area contributed by atoms with Crippen molar-refractivity contribution in [1.29, 1.82) is 0 Å². The lowest BCUT2D eigenvalue weighted by Crippen LogP contribution is -2.00. The zero-order chi connectivity index (χ0) is 12.2. The number of nitrogens with zero attached hydrogens (tertiary/aromatic N) is 1. The molecule has 0 N–H and O–H groups in total. The van der Waals surface area contributed by atoms with Crippen LogP contribution in [0.15, 0.2) is 38.0 Å². The lowest BCUT2D eigenvalue weighted by Gasteiger charge is -2.03. The molecule has 1 aromatic carbocycles. The van der Waals surface area contributed by atoms with Gasteiger partial charge in [0, 0.05) is 4.47 Å². The normalized spacial score (nSPS) is 11.2. The molecule has 0 aliphatic heterocycles. The summed E-state index contributed by atoms with van der Waals surface area (Å²) in [6.07, 6.45) is 3.59. The molecule has 0 aromatic heterocycles. The largest absolute Gasteiger partial charge is 0.284 e. The van der Waals surface area contributed by atoms with Crippen molar-refractivity contribution in [2.75, 3.05) is 12.5 Å². The van der Waals surface area contributed by atoms with Crippen molar-refractivity contribution in [1.82, 2.24) is 0 Å². The Balaban J connectivity index is 3.23. The average molecular weight is 340 g/mol. The minimum absolute atomic E-state index is 0.190. The van der Waals surface area contributed by atoms with Crippen LogP contribution >= 0.6 is 39.5 Å². The molecule has 1 rings (SSSR count). The van der Waals surface area contributed by atoms with Gasteiger partial charge in [0.05, 0.1) is 0 Å². The first-order valence-electron chi connectivity index (χ1n) is 4.18. The van der Waals surface area contributed by atoms with Crippen molar-refractivity contribution in [3.63, 3.8) is 0 Å². The summed E-state index contributed by atoms with van der Waals surface area (Å²) in [5, 5.41) is 0. The molecule has 0 saturated heterocycles. The van der Waals surface area contributed by atoms with E-state index < -0.39 is 10.0 Å². The molecule has 88 valence electrons. The van der Waals surface area contributed by atoms with Crippen LogP contribution in [0.1, 0.15) is 0 Å². The third-order valence-corrected chi connectivity index (χ3v) is 6.06. The van der Waals surface area contributed by atoms with Crippen LogP contribution in [0.4, 0.5) is 0 Å². The zero-order valence-electron chi connectivity index (χ0n) is 8.68. The minimum Gasteiger partial charge on any atom is -0.199 e. The number of rotatable bonds is 2. The monoisotopic (exact) mass is 339 g/mol. The topological polar surface area (TPSA) is 46.5 Å². The van der Waals surface area contributed by atoms with Crippen LogP contribution in [0.5, 0.6) is 0 Å². The number of hydrogen-bond acceptors (Lipinski definition) is 4. The molecule has 1 aromatic rings. The van der Waals surface area contributed by atoms with Gasteiger partial charge >= 0.3 is 0 Å². The van der Waals surface area contributed by atoms with Gasteiger partial charge in [-0.1, -0.05) is 12.1 Å². The predicted octanol–water partition coefficient (Wildman–Crippen LogP) is 3.22. The number of hydrogen-bond donors (Lipinski definition) is 0. The molecule has 0 amide bonds. The van der Waals surface area contributed by atoms with Crippen LogP contribution in [0.2, 0.25) is 0 Å². The van der Waals surface area contributed by atoms with Gasteiger partial charge in [-0.3, -0.25) is 0 Å². The molecule has 0 heterocycles. The summed E-state index contributed by atoms with van der Waals surface area (Å²) in [4.78, 5) is 0.190. The highest BCUT2D eigenvalue weighted by molar-refractivity contribution is 9.10. The summed E-state index contributed by atoms with van der Waals surface area (Å²) in [6, 6.07) is 6.64. The summed E-state index contributed by atoms with van der Waals surface area (Å²) in [7, 11) is -3.61. The Morgan fingerprint density at radius 3 is 2.31 bits per heavy atom. The lowest BCUT2D eigenvalue weighted by molar-refractivity contribution is 0.598. The summed E-state index contributed by atoms with van der Waals surface area (Å²) in [5.74, 6) is 0. The van der Waals surface area contributed by atoms with Crippen molar-refractivity contribution in [2.24, 2.45) is 4.40 Å². The first kappa shape index (κ1) is 14.1. The van der Waals surface area contributed by atoms with Crippen LogP contribution in [-0.2, 0) is 10.0 Å². The van der Waals surface area contributed by atoms with Crippen molar-refractivity contribution in [3.05, 3.63) is 28.7 Å². The molecular formula is C9H10BrNO2S3. The average Bonchev–Trinajstić information content (AvgIpc) is 2.26. The van der Waals surface area contributed by atoms with Gasteiger partial charge in [0.25, 0.3) is 10.0 Å². The Labute approximate surface area is 112 Å². The molecule has 0 saturated carbocycles. The highest BCUT2D eigenvalue weighted by Gasteiger charge is 2.16. The van der Waals surface area contributed by atoms with E-state index in [1.807, 2.05) is 0 Å². The standard InChI is InChI=1S/C9H10BrNO2S3/c1-14-9(15-2)11-16(12,13)8-6-4-3-5-7(8)10/h3-6H,1-2H3. The Bertz CT molecular complexity index is 493. The van der Waals surface area contributed by atoms with E-state index in [0.717, 1.165) is 0 Å². The number of thioether (sulfide) groups is 2. The summed E-state index contributed by atoms with van der Waals surface area (Å²) < 4.78 is 28.7. The van der Waals surface area contributed by atoms with Crippen LogP contribution < -0.4 is 0 Å². The van der Waals surface area contributed by atoms with Gasteiger partial charge in [0.15, 0.2) is 0 Å². The third kappa shape index (κ3) is 3.51. The third-order valence-electron chi connectivity index (χ3n) is 1.66. The van der Waals surface area contributed by atoms with Gasteiger partial charge in [-0.05, 0) is 40.6 Å². The van der Waals surface area contributed by atoms with E-state index in [2.05, 4.69) is 20.3 Å². The van der Waals surface area contributed by atoms with Crippen LogP contribution in [0, 0.1) is 0 Å². The van der Waals surface area contributed by atoms with Gasteiger partial charge in [-0.15, -0.1) is 27.9 Å². The van der Waals surface area contributed by atoms with E-state index >= 15 is 0 Å². The summed E-state index contributed by atoms with van der Waals surface area (Å²) in [6.45, 7) is 0. The fraction of sp³-hybridized carbons (Fsp3) is 0.222. The maximum absolute atomic E-state index is 11.9. The lowest BCUT2D eigenvalue weighted by atomic mass is 10.4. The number of sulfonamides is 1. The highest BCUT2D eigenvalue weighted by Crippen LogP contribution is 2.25. The highest BCUT2D eigenvalue weighted by atomic mass is 79.9. The molecule has 3 nitrogen and oxygen atoms in total. The molecule has 0 radical (unpaired) electrons. The second kappa shape index (κ2) is 6.09. The summed E-state index contributed by atoms with van der Waals surface area (Å²) >= 11 is 5.84. The first-order valence-corrected chi connectivity index (χ1v) is 8.87.